The van der Waals surface area contributed by atoms with Gasteiger partial charge in [0, 0.05) is 37.8 Å². The van der Waals surface area contributed by atoms with Crippen molar-refractivity contribution in [2.75, 3.05) is 52.3 Å². The minimum Gasteiger partial charge on any atom is -0.383 e. The van der Waals surface area contributed by atoms with Gasteiger partial charge in [0.2, 0.25) is 0 Å². The molecule has 0 amide bonds. The summed E-state index contributed by atoms with van der Waals surface area (Å²) in [4.78, 5) is 9.79. The summed E-state index contributed by atoms with van der Waals surface area (Å²) in [6.45, 7) is 12.1. The summed E-state index contributed by atoms with van der Waals surface area (Å²) >= 11 is 0. The zero-order valence-electron chi connectivity index (χ0n) is 21.1. The SMILES string of the molecule is COCCN(CCN(C)C)c1cc(C)nc2c1c1ccccc1n2-c1c(C)cc(C)cc1C. The van der Waals surface area contributed by atoms with Gasteiger partial charge in [0.15, 0.2) is 0 Å². The molecule has 0 spiro atoms. The molecule has 2 heterocycles. The molecule has 4 aromatic rings. The molecule has 0 saturated carbocycles. The molecular formula is C28H36N4O. The van der Waals surface area contributed by atoms with Gasteiger partial charge in [-0.2, -0.15) is 0 Å². The van der Waals surface area contributed by atoms with Crippen LogP contribution in [0.3, 0.4) is 0 Å². The van der Waals surface area contributed by atoms with Crippen molar-refractivity contribution in [2.24, 2.45) is 0 Å². The van der Waals surface area contributed by atoms with Gasteiger partial charge in [-0.15, -0.1) is 0 Å². The molecule has 0 unspecified atom stereocenters. The molecule has 0 fully saturated rings. The fourth-order valence-electron chi connectivity index (χ4n) is 4.93. The molecule has 0 aliphatic rings. The van der Waals surface area contributed by atoms with E-state index in [9.17, 15) is 0 Å². The molecule has 2 aromatic carbocycles. The first kappa shape index (κ1) is 23.3. The minimum atomic E-state index is 0.686. The second-order valence-corrected chi connectivity index (χ2v) is 9.36. The summed E-state index contributed by atoms with van der Waals surface area (Å²) in [5.74, 6) is 0. The van der Waals surface area contributed by atoms with Crippen molar-refractivity contribution in [3.05, 3.63) is 64.8 Å². The number of para-hydroxylation sites is 1. The lowest BCUT2D eigenvalue weighted by atomic mass is 10.0. The van der Waals surface area contributed by atoms with E-state index < -0.39 is 0 Å². The van der Waals surface area contributed by atoms with Crippen LogP contribution in [0.1, 0.15) is 22.4 Å². The molecule has 0 aliphatic heterocycles. The Balaban J connectivity index is 2.05. The summed E-state index contributed by atoms with van der Waals surface area (Å²) in [7, 11) is 6.01. The normalized spacial score (nSPS) is 11.8. The molecule has 5 nitrogen and oxygen atoms in total. The van der Waals surface area contributed by atoms with E-state index in [0.717, 1.165) is 31.0 Å². The fraction of sp³-hybridized carbons (Fsp3) is 0.393. The van der Waals surface area contributed by atoms with E-state index in [4.69, 9.17) is 9.72 Å². The van der Waals surface area contributed by atoms with Gasteiger partial charge in [-0.05, 0) is 65.0 Å². The summed E-state index contributed by atoms with van der Waals surface area (Å²) < 4.78 is 7.84. The lowest BCUT2D eigenvalue weighted by Gasteiger charge is -2.27. The number of rotatable bonds is 8. The van der Waals surface area contributed by atoms with Crippen LogP contribution < -0.4 is 4.90 Å². The van der Waals surface area contributed by atoms with Crippen molar-refractivity contribution in [3.63, 3.8) is 0 Å². The smallest absolute Gasteiger partial charge is 0.147 e. The Morgan fingerprint density at radius 1 is 0.909 bits per heavy atom. The Hall–Kier alpha value is -2.89. The van der Waals surface area contributed by atoms with Crippen molar-refractivity contribution < 1.29 is 4.74 Å². The van der Waals surface area contributed by atoms with Gasteiger partial charge in [0.05, 0.1) is 28.9 Å². The van der Waals surface area contributed by atoms with Crippen molar-refractivity contribution in [1.29, 1.82) is 0 Å². The van der Waals surface area contributed by atoms with E-state index in [0.29, 0.717) is 6.61 Å². The Labute approximate surface area is 197 Å². The molecule has 0 bridgehead atoms. The lowest BCUT2D eigenvalue weighted by molar-refractivity contribution is 0.204. The van der Waals surface area contributed by atoms with Crippen LogP contribution in [-0.4, -0.2) is 61.9 Å². The maximum absolute atomic E-state index is 5.47. The van der Waals surface area contributed by atoms with E-state index in [1.807, 2.05) is 0 Å². The third kappa shape index (κ3) is 4.48. The average Bonchev–Trinajstić information content (AvgIpc) is 3.07. The number of aryl methyl sites for hydroxylation is 4. The van der Waals surface area contributed by atoms with Crippen LogP contribution in [0.2, 0.25) is 0 Å². The molecule has 0 radical (unpaired) electrons. The maximum atomic E-state index is 5.47. The zero-order chi connectivity index (χ0) is 23.7. The third-order valence-corrected chi connectivity index (χ3v) is 6.32. The van der Waals surface area contributed by atoms with Crippen LogP contribution in [0, 0.1) is 27.7 Å². The van der Waals surface area contributed by atoms with Crippen LogP contribution in [0.15, 0.2) is 42.5 Å². The van der Waals surface area contributed by atoms with Crippen LogP contribution >= 0.6 is 0 Å². The van der Waals surface area contributed by atoms with Gasteiger partial charge >= 0.3 is 0 Å². The Kier molecular flexibility index (Phi) is 6.73. The average molecular weight is 445 g/mol. The highest BCUT2D eigenvalue weighted by molar-refractivity contribution is 6.14. The topological polar surface area (TPSA) is 33.5 Å². The first-order chi connectivity index (χ1) is 15.8. The zero-order valence-corrected chi connectivity index (χ0v) is 21.1. The molecule has 0 atom stereocenters. The number of anilines is 1. The fourth-order valence-corrected chi connectivity index (χ4v) is 4.93. The molecule has 2 aromatic heterocycles. The number of likely N-dealkylation sites (N-methyl/N-ethyl adjacent to an activating group) is 1. The maximum Gasteiger partial charge on any atom is 0.147 e. The molecular weight excluding hydrogens is 408 g/mol. The number of methoxy groups -OCH3 is 1. The van der Waals surface area contributed by atoms with E-state index >= 15 is 0 Å². The van der Waals surface area contributed by atoms with Crippen LogP contribution in [0.25, 0.3) is 27.6 Å². The lowest BCUT2D eigenvalue weighted by Crippen LogP contribution is -2.34. The monoisotopic (exact) mass is 444 g/mol. The molecule has 174 valence electrons. The standard InChI is InChI=1S/C28H36N4O/c1-19-16-20(2)27(21(3)17-19)32-24-11-9-8-10-23(24)26-25(18-22(4)29-28(26)32)31(14-15-33-7)13-12-30(5)6/h8-11,16-18H,12-15H2,1-7H3. The summed E-state index contributed by atoms with van der Waals surface area (Å²) in [6, 6.07) is 15.5. The van der Waals surface area contributed by atoms with Gasteiger partial charge in [0.1, 0.15) is 5.65 Å². The van der Waals surface area contributed by atoms with Crippen molar-refractivity contribution in [1.82, 2.24) is 14.5 Å². The first-order valence-electron chi connectivity index (χ1n) is 11.7. The van der Waals surface area contributed by atoms with E-state index in [2.05, 4.69) is 98.6 Å². The van der Waals surface area contributed by atoms with E-state index in [1.165, 1.54) is 44.4 Å². The Morgan fingerprint density at radius 3 is 2.27 bits per heavy atom. The third-order valence-electron chi connectivity index (χ3n) is 6.32. The largest absolute Gasteiger partial charge is 0.383 e. The second kappa shape index (κ2) is 9.54. The summed E-state index contributed by atoms with van der Waals surface area (Å²) in [5, 5.41) is 2.45. The van der Waals surface area contributed by atoms with Crippen molar-refractivity contribution >= 4 is 27.6 Å². The van der Waals surface area contributed by atoms with Gasteiger partial charge in [0.25, 0.3) is 0 Å². The van der Waals surface area contributed by atoms with E-state index in [-0.39, 0.29) is 0 Å². The van der Waals surface area contributed by atoms with Gasteiger partial charge in [-0.1, -0.05) is 35.9 Å². The molecule has 0 saturated heterocycles. The highest BCUT2D eigenvalue weighted by Gasteiger charge is 2.22. The van der Waals surface area contributed by atoms with Gasteiger partial charge < -0.3 is 14.5 Å². The van der Waals surface area contributed by atoms with Crippen LogP contribution in [0.4, 0.5) is 5.69 Å². The van der Waals surface area contributed by atoms with Crippen molar-refractivity contribution in [2.45, 2.75) is 27.7 Å². The van der Waals surface area contributed by atoms with Gasteiger partial charge in [-0.25, -0.2) is 4.98 Å². The first-order valence-corrected chi connectivity index (χ1v) is 11.7. The molecule has 0 aliphatic carbocycles. The number of ether oxygens (including phenoxy) is 1. The number of fused-ring (bicyclic) bond motifs is 3. The number of hydrogen-bond donors (Lipinski definition) is 0. The van der Waals surface area contributed by atoms with E-state index in [1.54, 1.807) is 7.11 Å². The number of nitrogens with zero attached hydrogens (tertiary/aromatic N) is 4. The number of pyridine rings is 1. The number of hydrogen-bond acceptors (Lipinski definition) is 4. The summed E-state index contributed by atoms with van der Waals surface area (Å²) in [5.41, 5.74) is 9.52. The highest BCUT2D eigenvalue weighted by atomic mass is 16.5. The summed E-state index contributed by atoms with van der Waals surface area (Å²) in [6.07, 6.45) is 0. The van der Waals surface area contributed by atoms with Gasteiger partial charge in [-0.3, -0.25) is 4.57 Å². The molecule has 33 heavy (non-hydrogen) atoms. The Morgan fingerprint density at radius 2 is 1.61 bits per heavy atom. The molecule has 5 heteroatoms. The Bertz CT molecular complexity index is 1270. The predicted molar refractivity (Wildman–Crippen MR) is 140 cm³/mol. The predicted octanol–water partition coefficient (Wildman–Crippen LogP) is 5.43. The minimum absolute atomic E-state index is 0.686. The van der Waals surface area contributed by atoms with Crippen LogP contribution in [0.5, 0.6) is 0 Å². The molecule has 0 N–H and O–H groups in total. The van der Waals surface area contributed by atoms with Crippen LogP contribution in [-0.2, 0) is 4.74 Å². The van der Waals surface area contributed by atoms with Crippen molar-refractivity contribution in [3.8, 4) is 5.69 Å². The quantitative estimate of drug-likeness (QED) is 0.363. The number of benzene rings is 2. The number of aromatic nitrogens is 2. The second-order valence-electron chi connectivity index (χ2n) is 9.36. The highest BCUT2D eigenvalue weighted by Crippen LogP contribution is 2.39. The molecule has 4 rings (SSSR count).